The largest absolute Gasteiger partial charge is 1.00 e. The van der Waals surface area contributed by atoms with Crippen LogP contribution in [0.1, 0.15) is 50.5 Å². The van der Waals surface area contributed by atoms with Gasteiger partial charge in [0.05, 0.1) is 0 Å². The number of hydrogen-bond acceptors (Lipinski definition) is 0. The van der Waals surface area contributed by atoms with Crippen LogP contribution in [0.5, 0.6) is 0 Å². The Morgan fingerprint density at radius 3 is 0.727 bits per heavy atom. The van der Waals surface area contributed by atoms with Gasteiger partial charge in [0.15, 0.2) is 35.7 Å². The lowest BCUT2D eigenvalue weighted by Crippen LogP contribution is -3.00. The first-order chi connectivity index (χ1) is 13.9. The van der Waals surface area contributed by atoms with E-state index in [1.165, 1.54) is 50.5 Å². The predicted molar refractivity (Wildman–Crippen MR) is 125 cm³/mol. The Morgan fingerprint density at radius 2 is 0.576 bits per heavy atom. The highest BCUT2D eigenvalue weighted by Crippen LogP contribution is 2.07. The molecule has 0 aliphatic rings. The van der Waals surface area contributed by atoms with Gasteiger partial charge >= 0.3 is 0 Å². The average molecular weight is 789 g/mol. The summed E-state index contributed by atoms with van der Waals surface area (Å²) >= 11 is 0. The van der Waals surface area contributed by atoms with Crippen LogP contribution in [0.3, 0.4) is 0 Å². The van der Waals surface area contributed by atoms with Gasteiger partial charge in [-0.1, -0.05) is 0 Å². The smallest absolute Gasteiger partial charge is 0.181 e. The van der Waals surface area contributed by atoms with E-state index in [9.17, 15) is 0 Å². The first-order valence-electron chi connectivity index (χ1n) is 10.7. The van der Waals surface area contributed by atoms with Crippen LogP contribution < -0.4 is 85.6 Å². The topological polar surface area (TPSA) is 11.6 Å². The van der Waals surface area contributed by atoms with E-state index < -0.39 is 0 Å². The Hall–Kier alpha value is -0.360. The van der Waals surface area contributed by atoms with E-state index in [1.54, 1.807) is 0 Å². The van der Waals surface area contributed by atoms with Gasteiger partial charge < -0.3 is 71.9 Å². The molecule has 3 nitrogen and oxygen atoms in total. The number of aromatic nitrogens is 3. The summed E-state index contributed by atoms with van der Waals surface area (Å²) < 4.78 is 6.42. The van der Waals surface area contributed by atoms with Gasteiger partial charge in [0.2, 0.25) is 0 Å². The minimum absolute atomic E-state index is 0. The van der Waals surface area contributed by atoms with Crippen molar-refractivity contribution < 1.29 is 85.6 Å². The molecule has 0 spiro atoms. The van der Waals surface area contributed by atoms with Crippen molar-refractivity contribution in [2.45, 2.75) is 62.3 Å². The predicted octanol–water partition coefficient (Wildman–Crippen LogP) is -4.68. The Kier molecular flexibility index (Phi) is 19.3. The van der Waals surface area contributed by atoms with E-state index in [2.05, 4.69) is 134 Å². The molecule has 3 heterocycles. The maximum absolute atomic E-state index is 2.16. The summed E-state index contributed by atoms with van der Waals surface area (Å²) in [5, 5.41) is 0. The first-order valence-corrected chi connectivity index (χ1v) is 10.7. The number of aryl methyl sites for hydroxylation is 6. The van der Waals surface area contributed by atoms with Crippen molar-refractivity contribution in [3.8, 4) is 0 Å². The van der Waals surface area contributed by atoms with Crippen molar-refractivity contribution in [1.82, 2.24) is 0 Å². The van der Waals surface area contributed by atoms with Crippen molar-refractivity contribution in [1.29, 1.82) is 0 Å². The highest BCUT2D eigenvalue weighted by atomic mass is 127. The van der Waals surface area contributed by atoms with E-state index in [0.29, 0.717) is 0 Å². The van der Waals surface area contributed by atoms with Crippen molar-refractivity contribution in [3.63, 3.8) is 0 Å². The second kappa shape index (κ2) is 17.1. The van der Waals surface area contributed by atoms with E-state index in [0.717, 1.165) is 0 Å². The third-order valence-electron chi connectivity index (χ3n) is 6.63. The molecular weight excluding hydrogens is 747 g/mol. The molecule has 3 rings (SSSR count). The van der Waals surface area contributed by atoms with E-state index in [1.807, 2.05) is 0 Å². The molecule has 0 bridgehead atoms. The van der Waals surface area contributed by atoms with E-state index in [-0.39, 0.29) is 71.9 Å². The van der Waals surface area contributed by atoms with Crippen molar-refractivity contribution in [2.24, 2.45) is 21.1 Å². The molecule has 0 atom stereocenters. The minimum atomic E-state index is 0. The van der Waals surface area contributed by atoms with Crippen LogP contribution in [-0.2, 0) is 21.1 Å². The second-order valence-electron chi connectivity index (χ2n) is 8.46. The summed E-state index contributed by atoms with van der Waals surface area (Å²) in [6.45, 7) is 19.3. The molecule has 0 saturated heterocycles. The van der Waals surface area contributed by atoms with Gasteiger partial charge in [0.1, 0.15) is 21.1 Å². The van der Waals surface area contributed by atoms with Gasteiger partial charge in [0, 0.05) is 55.7 Å². The summed E-state index contributed by atoms with van der Waals surface area (Å²) in [6.07, 6.45) is 6.28. The third-order valence-corrected chi connectivity index (χ3v) is 6.63. The zero-order valence-electron chi connectivity index (χ0n) is 22.4. The van der Waals surface area contributed by atoms with Crippen LogP contribution in [0.15, 0.2) is 36.8 Å². The van der Waals surface area contributed by atoms with Gasteiger partial charge in [-0.05, 0) is 58.2 Å². The zero-order valence-corrected chi connectivity index (χ0v) is 28.9. The quantitative estimate of drug-likeness (QED) is 0.161. The summed E-state index contributed by atoms with van der Waals surface area (Å²) in [5.74, 6) is 0. The number of halogens is 3. The van der Waals surface area contributed by atoms with Crippen molar-refractivity contribution in [2.75, 3.05) is 0 Å². The lowest BCUT2D eigenvalue weighted by molar-refractivity contribution is -0.678. The maximum atomic E-state index is 2.16. The van der Waals surface area contributed by atoms with Gasteiger partial charge in [0.25, 0.3) is 0 Å². The normalized spacial score (nSPS) is 9.09. The van der Waals surface area contributed by atoms with Gasteiger partial charge in [-0.25, -0.2) is 13.7 Å². The summed E-state index contributed by atoms with van der Waals surface area (Å²) in [4.78, 5) is 0. The van der Waals surface area contributed by atoms with Crippen LogP contribution in [0.25, 0.3) is 0 Å². The van der Waals surface area contributed by atoms with Gasteiger partial charge in [-0.3, -0.25) is 0 Å². The molecule has 0 aromatic carbocycles. The van der Waals surface area contributed by atoms with E-state index in [4.69, 9.17) is 0 Å². The maximum Gasteiger partial charge on any atom is 0.181 e. The Morgan fingerprint density at radius 1 is 0.394 bits per heavy atom. The number of nitrogens with zero attached hydrogens (tertiary/aromatic N) is 3. The highest BCUT2D eigenvalue weighted by Gasteiger charge is 2.06. The van der Waals surface area contributed by atoms with Crippen LogP contribution in [0.4, 0.5) is 0 Å². The standard InChI is InChI=1S/3C9H14N.3HI/c3*1-7-5-6-10(4)9(3)8(7)2;;;/h3*5-6H,1-4H3;3*1H/q3*+1;;;/p-3. The van der Waals surface area contributed by atoms with Crippen molar-refractivity contribution in [3.05, 3.63) is 87.3 Å². The Labute approximate surface area is 254 Å². The van der Waals surface area contributed by atoms with Crippen LogP contribution >= 0.6 is 0 Å². The second-order valence-corrected chi connectivity index (χ2v) is 8.46. The Balaban J connectivity index is -0.000000391. The molecule has 0 fully saturated rings. The van der Waals surface area contributed by atoms with Crippen LogP contribution in [0.2, 0.25) is 0 Å². The lowest BCUT2D eigenvalue weighted by atomic mass is 10.1. The van der Waals surface area contributed by atoms with Crippen LogP contribution in [-0.4, -0.2) is 0 Å². The highest BCUT2D eigenvalue weighted by molar-refractivity contribution is 5.24. The molecule has 0 amide bonds. The first kappa shape index (κ1) is 37.2. The molecule has 3 aromatic rings. The fourth-order valence-corrected chi connectivity index (χ4v) is 3.03. The van der Waals surface area contributed by atoms with Gasteiger partial charge in [-0.2, -0.15) is 0 Å². The third kappa shape index (κ3) is 10.8. The average Bonchev–Trinajstić information content (AvgIpc) is 2.73. The molecule has 3 aromatic heterocycles. The molecule has 0 saturated carbocycles. The Bertz CT molecular complexity index is 819. The van der Waals surface area contributed by atoms with Crippen LogP contribution in [0, 0.1) is 62.3 Å². The molecule has 0 aliphatic carbocycles. The molecule has 33 heavy (non-hydrogen) atoms. The SMILES string of the molecule is Cc1cc[n+](C)c(C)c1C.Cc1cc[n+](C)c(C)c1C.Cc1cc[n+](C)c(C)c1C.[I-].[I-].[I-]. The van der Waals surface area contributed by atoms with Gasteiger partial charge in [-0.15, -0.1) is 0 Å². The molecule has 0 aliphatic heterocycles. The number of pyridine rings is 3. The zero-order chi connectivity index (χ0) is 23.2. The molecule has 0 N–H and O–H groups in total. The lowest BCUT2D eigenvalue weighted by Gasteiger charge is -2.00. The number of hydrogen-bond donors (Lipinski definition) is 0. The molecule has 0 unspecified atom stereocenters. The minimum Gasteiger partial charge on any atom is -1.00 e. The fourth-order valence-electron chi connectivity index (χ4n) is 3.03. The fraction of sp³-hybridized carbons (Fsp3) is 0.444. The summed E-state index contributed by atoms with van der Waals surface area (Å²) in [5.41, 5.74) is 12.3. The molecular formula is C27H42I3N3. The monoisotopic (exact) mass is 789 g/mol. The molecule has 0 radical (unpaired) electrons. The van der Waals surface area contributed by atoms with E-state index >= 15 is 0 Å². The molecule has 186 valence electrons. The molecule has 6 heteroatoms. The number of rotatable bonds is 0. The van der Waals surface area contributed by atoms with Crippen molar-refractivity contribution >= 4 is 0 Å². The summed E-state index contributed by atoms with van der Waals surface area (Å²) in [7, 11) is 6.21. The summed E-state index contributed by atoms with van der Waals surface area (Å²) in [6, 6.07) is 6.42.